The Hall–Kier alpha value is -2.21. The van der Waals surface area contributed by atoms with Gasteiger partial charge < -0.3 is 9.64 Å². The quantitative estimate of drug-likeness (QED) is 0.713. The molecule has 2 aromatic heterocycles. The van der Waals surface area contributed by atoms with E-state index in [1.165, 1.54) is 38.9 Å². The zero-order valence-electron chi connectivity index (χ0n) is 17.9. The number of likely N-dealkylation sites (tertiary alicyclic amines) is 1. The maximum atomic E-state index is 6.36. The van der Waals surface area contributed by atoms with Gasteiger partial charge in [0.15, 0.2) is 0 Å². The summed E-state index contributed by atoms with van der Waals surface area (Å²) in [6.07, 6.45) is 12.3. The van der Waals surface area contributed by atoms with Crippen LogP contribution in [0.2, 0.25) is 0 Å². The number of rotatable bonds is 5. The van der Waals surface area contributed by atoms with E-state index < -0.39 is 0 Å². The van der Waals surface area contributed by atoms with Crippen LogP contribution in [0.15, 0.2) is 30.5 Å². The molecule has 3 aliphatic carbocycles. The van der Waals surface area contributed by atoms with E-state index in [1.807, 2.05) is 37.0 Å². The number of nitrogens with zero attached hydrogens (tertiary/aromatic N) is 5. The fourth-order valence-electron chi connectivity index (χ4n) is 6.62. The molecule has 4 aliphatic rings. The number of hydrogen-bond acceptors (Lipinski definition) is 5. The predicted octanol–water partition coefficient (Wildman–Crippen LogP) is 3.49. The molecule has 0 aromatic carbocycles. The van der Waals surface area contributed by atoms with Crippen LogP contribution in [0.3, 0.4) is 0 Å². The van der Waals surface area contributed by atoms with Gasteiger partial charge in [0.05, 0.1) is 11.9 Å². The Kier molecular flexibility index (Phi) is 4.44. The highest BCUT2D eigenvalue weighted by molar-refractivity contribution is 5.58. The van der Waals surface area contributed by atoms with Crippen molar-refractivity contribution in [3.8, 4) is 17.3 Å². The van der Waals surface area contributed by atoms with Crippen molar-refractivity contribution >= 4 is 0 Å². The standard InChI is InChI=1S/C24H31N5O/c1-15-11-25-28(2)24(15)21-6-8-23(27-26-21)30-22-7-5-18-12-29(14-20(18)22)13-19-10-16-3-4-17(19)9-16/h3-4,6,8,11,16-20,22H,5,7,9-10,12-14H2,1-2H3. The maximum absolute atomic E-state index is 6.36. The fraction of sp³-hybridized carbons (Fsp3) is 0.625. The molecule has 2 aromatic rings. The summed E-state index contributed by atoms with van der Waals surface area (Å²) in [5.41, 5.74) is 2.96. The van der Waals surface area contributed by atoms with Crippen molar-refractivity contribution < 1.29 is 4.74 Å². The van der Waals surface area contributed by atoms with Gasteiger partial charge in [-0.25, -0.2) is 0 Å². The first-order chi connectivity index (χ1) is 14.6. The largest absolute Gasteiger partial charge is 0.473 e. The Morgan fingerprint density at radius 3 is 2.73 bits per heavy atom. The van der Waals surface area contributed by atoms with Crippen LogP contribution in [0.25, 0.3) is 11.4 Å². The molecule has 3 fully saturated rings. The van der Waals surface area contributed by atoms with E-state index in [9.17, 15) is 0 Å². The molecule has 0 spiro atoms. The molecule has 1 aliphatic heterocycles. The summed E-state index contributed by atoms with van der Waals surface area (Å²) < 4.78 is 8.20. The zero-order chi connectivity index (χ0) is 20.2. The van der Waals surface area contributed by atoms with Crippen molar-refractivity contribution in [2.45, 2.75) is 38.7 Å². The van der Waals surface area contributed by atoms with Gasteiger partial charge in [0, 0.05) is 38.7 Å². The number of aromatic nitrogens is 4. The van der Waals surface area contributed by atoms with Crippen LogP contribution < -0.4 is 4.74 Å². The lowest BCUT2D eigenvalue weighted by molar-refractivity contribution is 0.137. The number of allylic oxidation sites excluding steroid dienone is 2. The maximum Gasteiger partial charge on any atom is 0.233 e. The van der Waals surface area contributed by atoms with Gasteiger partial charge in [-0.15, -0.1) is 10.2 Å². The molecular weight excluding hydrogens is 374 g/mol. The van der Waals surface area contributed by atoms with E-state index in [0.29, 0.717) is 11.8 Å². The molecule has 2 bridgehead atoms. The average molecular weight is 406 g/mol. The highest BCUT2D eigenvalue weighted by Gasteiger charge is 2.45. The van der Waals surface area contributed by atoms with Gasteiger partial charge in [-0.2, -0.15) is 5.10 Å². The average Bonchev–Trinajstić information content (AvgIpc) is 3.54. The highest BCUT2D eigenvalue weighted by atomic mass is 16.5. The fourth-order valence-corrected chi connectivity index (χ4v) is 6.62. The summed E-state index contributed by atoms with van der Waals surface area (Å²) in [7, 11) is 1.94. The Morgan fingerprint density at radius 1 is 1.10 bits per heavy atom. The summed E-state index contributed by atoms with van der Waals surface area (Å²) >= 11 is 0. The Bertz CT molecular complexity index is 932. The summed E-state index contributed by atoms with van der Waals surface area (Å²) in [5.74, 6) is 4.68. The number of ether oxygens (including phenoxy) is 1. The zero-order valence-corrected chi connectivity index (χ0v) is 17.9. The first kappa shape index (κ1) is 18.6. The number of aryl methyl sites for hydroxylation is 2. The first-order valence-corrected chi connectivity index (χ1v) is 11.5. The lowest BCUT2D eigenvalue weighted by Gasteiger charge is -2.26. The van der Waals surface area contributed by atoms with Gasteiger partial charge in [-0.3, -0.25) is 4.68 Å². The van der Waals surface area contributed by atoms with Crippen molar-refractivity contribution in [3.63, 3.8) is 0 Å². The van der Waals surface area contributed by atoms with E-state index in [1.54, 1.807) is 0 Å². The molecule has 6 heteroatoms. The van der Waals surface area contributed by atoms with Crippen LogP contribution in [0, 0.1) is 36.5 Å². The van der Waals surface area contributed by atoms with Crippen LogP contribution in [0.4, 0.5) is 0 Å². The van der Waals surface area contributed by atoms with E-state index in [-0.39, 0.29) is 6.10 Å². The van der Waals surface area contributed by atoms with Crippen LogP contribution in [-0.4, -0.2) is 50.6 Å². The minimum absolute atomic E-state index is 0.276. The molecule has 6 unspecified atom stereocenters. The summed E-state index contributed by atoms with van der Waals surface area (Å²) in [5, 5.41) is 13.1. The van der Waals surface area contributed by atoms with Gasteiger partial charge in [0.1, 0.15) is 11.8 Å². The third-order valence-corrected chi connectivity index (χ3v) is 8.05. The highest BCUT2D eigenvalue weighted by Crippen LogP contribution is 2.45. The normalized spacial score (nSPS) is 34.7. The van der Waals surface area contributed by atoms with E-state index in [0.717, 1.165) is 47.0 Å². The molecule has 0 radical (unpaired) electrons. The summed E-state index contributed by atoms with van der Waals surface area (Å²) in [6, 6.07) is 3.97. The first-order valence-electron chi connectivity index (χ1n) is 11.5. The van der Waals surface area contributed by atoms with Gasteiger partial charge >= 0.3 is 0 Å². The minimum Gasteiger partial charge on any atom is -0.473 e. The monoisotopic (exact) mass is 405 g/mol. The molecule has 30 heavy (non-hydrogen) atoms. The number of fused-ring (bicyclic) bond motifs is 3. The second kappa shape index (κ2) is 7.19. The molecule has 2 saturated carbocycles. The molecule has 0 N–H and O–H groups in total. The minimum atomic E-state index is 0.276. The topological polar surface area (TPSA) is 56.1 Å². The van der Waals surface area contributed by atoms with Crippen molar-refractivity contribution in [1.29, 1.82) is 0 Å². The van der Waals surface area contributed by atoms with Crippen LogP contribution in [0.1, 0.15) is 31.2 Å². The van der Waals surface area contributed by atoms with Gasteiger partial charge in [0.25, 0.3) is 0 Å². The lowest BCUT2D eigenvalue weighted by atomic mass is 9.93. The molecule has 3 heterocycles. The smallest absolute Gasteiger partial charge is 0.233 e. The van der Waals surface area contributed by atoms with Crippen LogP contribution in [-0.2, 0) is 7.05 Å². The second-order valence-electron chi connectivity index (χ2n) is 9.97. The molecule has 6 atom stereocenters. The van der Waals surface area contributed by atoms with Crippen molar-refractivity contribution in [1.82, 2.24) is 24.9 Å². The number of hydrogen-bond donors (Lipinski definition) is 0. The molecule has 6 rings (SSSR count). The van der Waals surface area contributed by atoms with E-state index in [4.69, 9.17) is 4.74 Å². The van der Waals surface area contributed by atoms with Crippen molar-refractivity contribution in [3.05, 3.63) is 36.0 Å². The van der Waals surface area contributed by atoms with E-state index in [2.05, 4.69) is 32.3 Å². The summed E-state index contributed by atoms with van der Waals surface area (Å²) in [6.45, 7) is 5.77. The summed E-state index contributed by atoms with van der Waals surface area (Å²) in [4.78, 5) is 2.73. The van der Waals surface area contributed by atoms with Crippen LogP contribution in [0.5, 0.6) is 5.88 Å². The molecule has 0 amide bonds. The van der Waals surface area contributed by atoms with Crippen molar-refractivity contribution in [2.24, 2.45) is 36.6 Å². The Balaban J connectivity index is 1.09. The Morgan fingerprint density at radius 2 is 2.03 bits per heavy atom. The lowest BCUT2D eigenvalue weighted by Crippen LogP contribution is -2.32. The molecular formula is C24H31N5O. The Labute approximate surface area is 178 Å². The third kappa shape index (κ3) is 3.16. The van der Waals surface area contributed by atoms with E-state index >= 15 is 0 Å². The predicted molar refractivity (Wildman–Crippen MR) is 115 cm³/mol. The van der Waals surface area contributed by atoms with Gasteiger partial charge in [-0.05, 0) is 67.9 Å². The molecule has 6 nitrogen and oxygen atoms in total. The van der Waals surface area contributed by atoms with Gasteiger partial charge in [0.2, 0.25) is 5.88 Å². The molecule has 1 saturated heterocycles. The SMILES string of the molecule is Cc1cnn(C)c1-c1ccc(OC2CCC3CN(CC4CC5C=CC4C5)CC32)nn1. The second-order valence-corrected chi connectivity index (χ2v) is 9.97. The van der Waals surface area contributed by atoms with Crippen LogP contribution >= 0.6 is 0 Å². The van der Waals surface area contributed by atoms with Gasteiger partial charge in [-0.1, -0.05) is 12.2 Å². The molecule has 158 valence electrons. The van der Waals surface area contributed by atoms with Crippen molar-refractivity contribution in [2.75, 3.05) is 19.6 Å². The third-order valence-electron chi connectivity index (χ3n) is 8.05.